The minimum atomic E-state index is -0.403. The Kier molecular flexibility index (Phi) is 4.18. The highest BCUT2D eigenvalue weighted by molar-refractivity contribution is 5.95. The monoisotopic (exact) mass is 365 g/mol. The van der Waals surface area contributed by atoms with Crippen molar-refractivity contribution in [3.8, 4) is 11.5 Å². The molecule has 0 saturated carbocycles. The van der Waals surface area contributed by atoms with E-state index < -0.39 is 5.54 Å². The van der Waals surface area contributed by atoms with E-state index in [0.29, 0.717) is 18.8 Å². The number of rotatable bonds is 4. The molecule has 0 radical (unpaired) electrons. The predicted octanol–water partition coefficient (Wildman–Crippen LogP) is 3.51. The zero-order valence-electron chi connectivity index (χ0n) is 15.7. The summed E-state index contributed by atoms with van der Waals surface area (Å²) in [6, 6.07) is 13.4. The van der Waals surface area contributed by atoms with Crippen LogP contribution < -0.4 is 14.8 Å². The molecule has 140 valence electrons. The summed E-state index contributed by atoms with van der Waals surface area (Å²) in [4.78, 5) is 17.0. The number of benzene rings is 2. The summed E-state index contributed by atoms with van der Waals surface area (Å²) < 4.78 is 11.9. The van der Waals surface area contributed by atoms with Crippen molar-refractivity contribution >= 4 is 22.5 Å². The van der Waals surface area contributed by atoms with Crippen LogP contribution in [0.5, 0.6) is 11.5 Å². The maximum absolute atomic E-state index is 12.2. The molecule has 0 saturated heterocycles. The molecule has 2 heterocycles. The van der Waals surface area contributed by atoms with Crippen LogP contribution in [0.3, 0.4) is 0 Å². The number of hydrogen-bond donors (Lipinski definition) is 2. The zero-order chi connectivity index (χ0) is 19.0. The quantitative estimate of drug-likeness (QED) is 0.742. The lowest BCUT2D eigenvalue weighted by atomic mass is 10.0. The van der Waals surface area contributed by atoms with Crippen molar-refractivity contribution in [2.24, 2.45) is 0 Å². The number of ether oxygens (including phenoxy) is 2. The van der Waals surface area contributed by atoms with Gasteiger partial charge in [-0.2, -0.15) is 0 Å². The van der Waals surface area contributed by atoms with Gasteiger partial charge in [0.1, 0.15) is 30.3 Å². The molecule has 1 aliphatic rings. The van der Waals surface area contributed by atoms with E-state index in [4.69, 9.17) is 9.47 Å². The number of aromatic amines is 1. The van der Waals surface area contributed by atoms with Crippen molar-refractivity contribution in [1.29, 1.82) is 0 Å². The third-order valence-corrected chi connectivity index (χ3v) is 4.70. The zero-order valence-corrected chi connectivity index (χ0v) is 15.7. The van der Waals surface area contributed by atoms with Gasteiger partial charge in [-0.05, 0) is 49.4 Å². The van der Waals surface area contributed by atoms with Crippen LogP contribution in [0.2, 0.25) is 0 Å². The standard InChI is InChI=1S/C21H23N3O3/c1-21(12-26-16-5-6-17-14(10-16)8-9-22-17)13-27-19-7-4-15(11-18(19)23-21)20(25)24(2)3/h4-11,22-23H,12-13H2,1-3H3. The first-order valence-electron chi connectivity index (χ1n) is 8.90. The van der Waals surface area contributed by atoms with E-state index in [-0.39, 0.29) is 5.91 Å². The lowest BCUT2D eigenvalue weighted by molar-refractivity contribution is 0.0827. The fourth-order valence-electron chi connectivity index (χ4n) is 3.18. The fourth-order valence-corrected chi connectivity index (χ4v) is 3.18. The Hall–Kier alpha value is -3.15. The van der Waals surface area contributed by atoms with E-state index in [1.54, 1.807) is 25.1 Å². The van der Waals surface area contributed by atoms with E-state index in [1.807, 2.05) is 49.5 Å². The first-order valence-corrected chi connectivity index (χ1v) is 8.90. The van der Waals surface area contributed by atoms with Crippen LogP contribution >= 0.6 is 0 Å². The second kappa shape index (κ2) is 6.54. The second-order valence-corrected chi connectivity index (χ2v) is 7.40. The van der Waals surface area contributed by atoms with Crippen molar-refractivity contribution in [3.63, 3.8) is 0 Å². The summed E-state index contributed by atoms with van der Waals surface area (Å²) in [6.45, 7) is 2.97. The Labute approximate surface area is 158 Å². The van der Waals surface area contributed by atoms with Crippen LogP contribution in [0.1, 0.15) is 17.3 Å². The molecule has 0 aliphatic carbocycles. The number of aromatic nitrogens is 1. The van der Waals surface area contributed by atoms with Crippen molar-refractivity contribution in [2.75, 3.05) is 32.6 Å². The van der Waals surface area contributed by atoms with Gasteiger partial charge in [-0.3, -0.25) is 4.79 Å². The fraction of sp³-hybridized carbons (Fsp3) is 0.286. The van der Waals surface area contributed by atoms with Gasteiger partial charge >= 0.3 is 0 Å². The summed E-state index contributed by atoms with van der Waals surface area (Å²) in [6.07, 6.45) is 1.91. The maximum Gasteiger partial charge on any atom is 0.253 e. The first-order chi connectivity index (χ1) is 12.9. The first kappa shape index (κ1) is 17.3. The average molecular weight is 365 g/mol. The largest absolute Gasteiger partial charge is 0.491 e. The smallest absolute Gasteiger partial charge is 0.253 e. The number of anilines is 1. The SMILES string of the molecule is CN(C)C(=O)c1ccc2c(c1)NC(C)(COc1ccc3[nH]ccc3c1)CO2. The van der Waals surface area contributed by atoms with E-state index in [0.717, 1.165) is 28.1 Å². The van der Waals surface area contributed by atoms with E-state index >= 15 is 0 Å². The van der Waals surface area contributed by atoms with Gasteiger partial charge < -0.3 is 24.7 Å². The molecule has 0 spiro atoms. The molecule has 6 nitrogen and oxygen atoms in total. The minimum absolute atomic E-state index is 0.0390. The summed E-state index contributed by atoms with van der Waals surface area (Å²) in [5.41, 5.74) is 2.11. The summed E-state index contributed by atoms with van der Waals surface area (Å²) in [5.74, 6) is 1.52. The van der Waals surface area contributed by atoms with Crippen LogP contribution in [-0.4, -0.2) is 48.6 Å². The van der Waals surface area contributed by atoms with Crippen LogP contribution in [0, 0.1) is 0 Å². The van der Waals surface area contributed by atoms with Crippen molar-refractivity contribution < 1.29 is 14.3 Å². The Morgan fingerprint density at radius 1 is 1.22 bits per heavy atom. The highest BCUT2D eigenvalue weighted by atomic mass is 16.5. The highest BCUT2D eigenvalue weighted by Gasteiger charge is 2.32. The number of nitrogens with one attached hydrogen (secondary N) is 2. The van der Waals surface area contributed by atoms with Gasteiger partial charge in [0.15, 0.2) is 0 Å². The molecule has 1 amide bonds. The Balaban J connectivity index is 1.49. The predicted molar refractivity (Wildman–Crippen MR) is 106 cm³/mol. The Bertz CT molecular complexity index is 995. The molecule has 1 aromatic heterocycles. The van der Waals surface area contributed by atoms with Crippen LogP contribution in [0.15, 0.2) is 48.7 Å². The minimum Gasteiger partial charge on any atom is -0.491 e. The highest BCUT2D eigenvalue weighted by Crippen LogP contribution is 2.34. The molecule has 6 heteroatoms. The number of carbonyl (C=O) groups is 1. The second-order valence-electron chi connectivity index (χ2n) is 7.40. The molecule has 3 aromatic rings. The number of amides is 1. The Morgan fingerprint density at radius 2 is 2.07 bits per heavy atom. The van der Waals surface area contributed by atoms with Gasteiger partial charge in [0.2, 0.25) is 0 Å². The van der Waals surface area contributed by atoms with Crippen molar-refractivity contribution in [1.82, 2.24) is 9.88 Å². The van der Waals surface area contributed by atoms with Crippen LogP contribution in [0.4, 0.5) is 5.69 Å². The maximum atomic E-state index is 12.2. The molecular formula is C21H23N3O3. The Morgan fingerprint density at radius 3 is 2.89 bits per heavy atom. The number of carbonyl (C=O) groups excluding carboxylic acids is 1. The van der Waals surface area contributed by atoms with Crippen LogP contribution in [-0.2, 0) is 0 Å². The van der Waals surface area contributed by atoms with Gasteiger partial charge in [0.05, 0.1) is 5.69 Å². The van der Waals surface area contributed by atoms with Crippen LogP contribution in [0.25, 0.3) is 10.9 Å². The molecule has 27 heavy (non-hydrogen) atoms. The summed E-state index contributed by atoms with van der Waals surface area (Å²) >= 11 is 0. The molecule has 4 rings (SSSR count). The van der Waals surface area contributed by atoms with Gasteiger partial charge in [-0.25, -0.2) is 0 Å². The lowest BCUT2D eigenvalue weighted by Crippen LogP contribution is -2.48. The van der Waals surface area contributed by atoms with Gasteiger partial charge in [-0.15, -0.1) is 0 Å². The number of hydrogen-bond acceptors (Lipinski definition) is 4. The molecule has 0 bridgehead atoms. The normalized spacial score (nSPS) is 18.3. The van der Waals surface area contributed by atoms with E-state index in [9.17, 15) is 4.79 Å². The third-order valence-electron chi connectivity index (χ3n) is 4.70. The van der Waals surface area contributed by atoms with E-state index in [2.05, 4.69) is 10.3 Å². The summed E-state index contributed by atoms with van der Waals surface area (Å²) in [7, 11) is 3.48. The lowest BCUT2D eigenvalue weighted by Gasteiger charge is -2.36. The molecule has 1 unspecified atom stereocenters. The third kappa shape index (κ3) is 3.43. The van der Waals surface area contributed by atoms with Crippen molar-refractivity contribution in [3.05, 3.63) is 54.2 Å². The molecule has 1 atom stereocenters. The molecule has 0 fully saturated rings. The van der Waals surface area contributed by atoms with Crippen molar-refractivity contribution in [2.45, 2.75) is 12.5 Å². The van der Waals surface area contributed by atoms with Gasteiger partial charge in [0.25, 0.3) is 5.91 Å². The summed E-state index contributed by atoms with van der Waals surface area (Å²) in [5, 5.41) is 4.60. The topological polar surface area (TPSA) is 66.6 Å². The van der Waals surface area contributed by atoms with E-state index in [1.165, 1.54) is 0 Å². The molecular weight excluding hydrogens is 342 g/mol. The average Bonchev–Trinajstić information content (AvgIpc) is 3.13. The molecule has 1 aliphatic heterocycles. The molecule has 2 N–H and O–H groups in total. The van der Waals surface area contributed by atoms with Gasteiger partial charge in [0, 0.05) is 36.8 Å². The van der Waals surface area contributed by atoms with Gasteiger partial charge in [-0.1, -0.05) is 0 Å². The molecule has 2 aromatic carbocycles. The number of fused-ring (bicyclic) bond motifs is 2. The number of H-pyrrole nitrogens is 1. The number of nitrogens with zero attached hydrogens (tertiary/aromatic N) is 1.